The summed E-state index contributed by atoms with van der Waals surface area (Å²) < 4.78 is 29.9. The lowest BCUT2D eigenvalue weighted by Gasteiger charge is -2.18. The van der Waals surface area contributed by atoms with Crippen LogP contribution in [0.2, 0.25) is 0 Å². The van der Waals surface area contributed by atoms with Gasteiger partial charge in [0, 0.05) is 33.2 Å². The molecule has 0 saturated heterocycles. The number of hydrogen-bond acceptors (Lipinski definition) is 4. The summed E-state index contributed by atoms with van der Waals surface area (Å²) in [7, 11) is 0.260. The predicted molar refractivity (Wildman–Crippen MR) is 118 cm³/mol. The molecule has 0 spiro atoms. The third-order valence-corrected chi connectivity index (χ3v) is 5.18. The lowest BCUT2D eigenvalue weighted by atomic mass is 10.1. The Morgan fingerprint density at radius 3 is 2.46 bits per heavy atom. The molecule has 0 aliphatic carbocycles. The van der Waals surface area contributed by atoms with E-state index in [2.05, 4.69) is 15.6 Å². The van der Waals surface area contributed by atoms with Crippen molar-refractivity contribution >= 4 is 40.0 Å². The molecule has 150 valence electrons. The van der Waals surface area contributed by atoms with E-state index in [0.29, 0.717) is 32.0 Å². The average Bonchev–Trinajstić information content (AvgIpc) is 2.59. The number of hydrogen-bond donors (Lipinski definition) is 2. The topological polar surface area (TPSA) is 83.0 Å². The number of nitrogens with zero attached hydrogens (tertiary/aromatic N) is 2. The van der Waals surface area contributed by atoms with Gasteiger partial charge >= 0.3 is 0 Å². The van der Waals surface area contributed by atoms with Crippen molar-refractivity contribution in [3.8, 4) is 5.75 Å². The van der Waals surface area contributed by atoms with Gasteiger partial charge in [0.15, 0.2) is 5.96 Å². The van der Waals surface area contributed by atoms with Crippen LogP contribution in [-0.2, 0) is 16.4 Å². The van der Waals surface area contributed by atoms with Crippen LogP contribution in [0, 0.1) is 0 Å². The molecule has 7 nitrogen and oxygen atoms in total. The smallest absolute Gasteiger partial charge is 0.211 e. The SMILES string of the molecule is CCN(CCCNC(=NC)NCCc1ccccc1OC)S(C)(=O)=O.I. The maximum atomic E-state index is 11.5. The van der Waals surface area contributed by atoms with E-state index in [0.717, 1.165) is 24.3 Å². The number of nitrogens with one attached hydrogen (secondary N) is 2. The summed E-state index contributed by atoms with van der Waals surface area (Å²) in [6.07, 6.45) is 2.78. The first-order valence-electron chi connectivity index (χ1n) is 8.43. The zero-order valence-corrected chi connectivity index (χ0v) is 19.1. The van der Waals surface area contributed by atoms with Crippen molar-refractivity contribution in [3.05, 3.63) is 29.8 Å². The van der Waals surface area contributed by atoms with E-state index in [1.807, 2.05) is 31.2 Å². The zero-order chi connectivity index (χ0) is 18.7. The predicted octanol–water partition coefficient (Wildman–Crippen LogP) is 1.69. The largest absolute Gasteiger partial charge is 0.496 e. The summed E-state index contributed by atoms with van der Waals surface area (Å²) in [5.74, 6) is 1.59. The summed E-state index contributed by atoms with van der Waals surface area (Å²) in [6, 6.07) is 7.93. The molecule has 0 bridgehead atoms. The lowest BCUT2D eigenvalue weighted by molar-refractivity contribution is 0.409. The van der Waals surface area contributed by atoms with Gasteiger partial charge in [-0.15, -0.1) is 24.0 Å². The van der Waals surface area contributed by atoms with E-state index in [1.165, 1.54) is 10.6 Å². The summed E-state index contributed by atoms with van der Waals surface area (Å²) in [4.78, 5) is 4.18. The molecule has 0 heterocycles. The highest BCUT2D eigenvalue weighted by Gasteiger charge is 2.13. The first-order valence-corrected chi connectivity index (χ1v) is 10.3. The number of guanidine groups is 1. The molecular formula is C17H31IN4O3S. The summed E-state index contributed by atoms with van der Waals surface area (Å²) >= 11 is 0. The summed E-state index contributed by atoms with van der Waals surface area (Å²) in [5, 5.41) is 6.45. The molecule has 0 aliphatic heterocycles. The van der Waals surface area contributed by atoms with Crippen LogP contribution in [0.15, 0.2) is 29.3 Å². The van der Waals surface area contributed by atoms with Crippen LogP contribution in [0.5, 0.6) is 5.75 Å². The maximum absolute atomic E-state index is 11.5. The molecule has 0 atom stereocenters. The Kier molecular flexibility index (Phi) is 12.6. The first kappa shape index (κ1) is 24.9. The second-order valence-corrected chi connectivity index (χ2v) is 7.58. The molecule has 0 saturated carbocycles. The molecule has 0 amide bonds. The standard InChI is InChI=1S/C17H30N4O3S.HI/c1-5-21(25(4,22)23)14-8-12-19-17(18-2)20-13-11-15-9-6-7-10-16(15)24-3;/h6-7,9-10H,5,8,11-14H2,1-4H3,(H2,18,19,20);1H. The number of aliphatic imine (C=N–C) groups is 1. The molecule has 9 heteroatoms. The number of ether oxygens (including phenoxy) is 1. The minimum Gasteiger partial charge on any atom is -0.496 e. The third-order valence-electron chi connectivity index (χ3n) is 3.80. The van der Waals surface area contributed by atoms with Crippen molar-refractivity contribution in [1.82, 2.24) is 14.9 Å². The van der Waals surface area contributed by atoms with E-state index < -0.39 is 10.0 Å². The first-order chi connectivity index (χ1) is 11.9. The van der Waals surface area contributed by atoms with Crippen molar-refractivity contribution in [2.45, 2.75) is 19.8 Å². The molecule has 0 radical (unpaired) electrons. The Bertz CT molecular complexity index is 653. The van der Waals surface area contributed by atoms with Gasteiger partial charge in [0.2, 0.25) is 10.0 Å². The van der Waals surface area contributed by atoms with Crippen LogP contribution < -0.4 is 15.4 Å². The van der Waals surface area contributed by atoms with E-state index in [9.17, 15) is 8.42 Å². The number of para-hydroxylation sites is 1. The van der Waals surface area contributed by atoms with Gasteiger partial charge in [-0.25, -0.2) is 12.7 Å². The molecule has 1 aromatic carbocycles. The quantitative estimate of drug-likeness (QED) is 0.222. The van der Waals surface area contributed by atoms with E-state index in [-0.39, 0.29) is 24.0 Å². The van der Waals surface area contributed by atoms with Crippen molar-refractivity contribution in [3.63, 3.8) is 0 Å². The van der Waals surface area contributed by atoms with Gasteiger partial charge in [-0.05, 0) is 24.5 Å². The number of halogens is 1. The fourth-order valence-electron chi connectivity index (χ4n) is 2.47. The zero-order valence-electron chi connectivity index (χ0n) is 16.0. The van der Waals surface area contributed by atoms with E-state index in [1.54, 1.807) is 14.2 Å². The highest BCUT2D eigenvalue weighted by molar-refractivity contribution is 14.0. The Balaban J connectivity index is 0.00000625. The van der Waals surface area contributed by atoms with Crippen LogP contribution in [0.1, 0.15) is 18.9 Å². The molecule has 26 heavy (non-hydrogen) atoms. The Hall–Kier alpha value is -1.07. The Morgan fingerprint density at radius 1 is 1.23 bits per heavy atom. The van der Waals surface area contributed by atoms with E-state index >= 15 is 0 Å². The van der Waals surface area contributed by atoms with Crippen molar-refractivity contribution in [1.29, 1.82) is 0 Å². The van der Waals surface area contributed by atoms with Crippen molar-refractivity contribution in [2.24, 2.45) is 4.99 Å². The Morgan fingerprint density at radius 2 is 1.88 bits per heavy atom. The van der Waals surface area contributed by atoms with E-state index in [4.69, 9.17) is 4.74 Å². The van der Waals surface area contributed by atoms with Gasteiger partial charge in [-0.2, -0.15) is 0 Å². The highest BCUT2D eigenvalue weighted by atomic mass is 127. The maximum Gasteiger partial charge on any atom is 0.211 e. The van der Waals surface area contributed by atoms with Gasteiger partial charge < -0.3 is 15.4 Å². The van der Waals surface area contributed by atoms with Crippen LogP contribution >= 0.6 is 24.0 Å². The third kappa shape index (κ3) is 9.04. The molecule has 1 rings (SSSR count). The number of methoxy groups -OCH3 is 1. The molecule has 2 N–H and O–H groups in total. The molecular weight excluding hydrogens is 467 g/mol. The van der Waals surface area contributed by atoms with Crippen LogP contribution in [-0.4, -0.2) is 65.3 Å². The molecule has 0 unspecified atom stereocenters. The monoisotopic (exact) mass is 498 g/mol. The van der Waals surface area contributed by atoms with Gasteiger partial charge in [0.25, 0.3) is 0 Å². The second kappa shape index (κ2) is 13.2. The minimum atomic E-state index is -3.12. The fourth-order valence-corrected chi connectivity index (χ4v) is 3.40. The Labute approximate surface area is 174 Å². The van der Waals surface area contributed by atoms with Gasteiger partial charge in [-0.1, -0.05) is 25.1 Å². The molecule has 0 aliphatic rings. The molecule has 1 aromatic rings. The van der Waals surface area contributed by atoms with Gasteiger partial charge in [0.1, 0.15) is 5.75 Å². The summed E-state index contributed by atoms with van der Waals surface area (Å²) in [5.41, 5.74) is 1.14. The molecule has 0 aromatic heterocycles. The number of sulfonamides is 1. The number of benzene rings is 1. The van der Waals surface area contributed by atoms with Gasteiger partial charge in [-0.3, -0.25) is 4.99 Å². The molecule has 0 fully saturated rings. The van der Waals surface area contributed by atoms with Crippen molar-refractivity contribution in [2.75, 3.05) is 46.6 Å². The van der Waals surface area contributed by atoms with Gasteiger partial charge in [0.05, 0.1) is 13.4 Å². The fraction of sp³-hybridized carbons (Fsp3) is 0.588. The number of rotatable bonds is 10. The van der Waals surface area contributed by atoms with Crippen LogP contribution in [0.25, 0.3) is 0 Å². The van der Waals surface area contributed by atoms with Crippen LogP contribution in [0.3, 0.4) is 0 Å². The van der Waals surface area contributed by atoms with Crippen molar-refractivity contribution < 1.29 is 13.2 Å². The normalized spacial score (nSPS) is 11.8. The lowest BCUT2D eigenvalue weighted by Crippen LogP contribution is -2.40. The average molecular weight is 498 g/mol. The highest BCUT2D eigenvalue weighted by Crippen LogP contribution is 2.17. The minimum absolute atomic E-state index is 0. The second-order valence-electron chi connectivity index (χ2n) is 5.60. The van der Waals surface area contributed by atoms with Crippen LogP contribution in [0.4, 0.5) is 0 Å². The summed E-state index contributed by atoms with van der Waals surface area (Å²) in [6.45, 7) is 4.21.